The monoisotopic (exact) mass is 249 g/mol. The van der Waals surface area contributed by atoms with Gasteiger partial charge in [-0.2, -0.15) is 0 Å². The Hall–Kier alpha value is -1.06. The molecule has 0 spiro atoms. The Morgan fingerprint density at radius 2 is 2.00 bits per heavy atom. The van der Waals surface area contributed by atoms with Crippen molar-refractivity contribution in [3.63, 3.8) is 0 Å². The van der Waals surface area contributed by atoms with Gasteiger partial charge in [-0.05, 0) is 44.9 Å². The Bertz CT molecular complexity index is 361. The minimum atomic E-state index is 0.156. The number of ether oxygens (including phenoxy) is 2. The summed E-state index contributed by atoms with van der Waals surface area (Å²) in [6.45, 7) is 7.97. The molecule has 3 nitrogen and oxygen atoms in total. The fourth-order valence-electron chi connectivity index (χ4n) is 2.10. The van der Waals surface area contributed by atoms with Crippen molar-refractivity contribution >= 4 is 0 Å². The van der Waals surface area contributed by atoms with Crippen LogP contribution in [0.25, 0.3) is 0 Å². The lowest BCUT2D eigenvalue weighted by Gasteiger charge is -2.17. The molecule has 3 heteroatoms. The number of rotatable bonds is 3. The van der Waals surface area contributed by atoms with Crippen molar-refractivity contribution in [2.45, 2.75) is 45.4 Å². The van der Waals surface area contributed by atoms with E-state index in [1.807, 2.05) is 26.0 Å². The van der Waals surface area contributed by atoms with Gasteiger partial charge in [-0.3, -0.25) is 0 Å². The Morgan fingerprint density at radius 1 is 1.28 bits per heavy atom. The Morgan fingerprint density at radius 3 is 2.67 bits per heavy atom. The van der Waals surface area contributed by atoms with Crippen LogP contribution in [0.1, 0.15) is 38.9 Å². The minimum Gasteiger partial charge on any atom is -0.491 e. The molecule has 18 heavy (non-hydrogen) atoms. The zero-order valence-corrected chi connectivity index (χ0v) is 11.5. The maximum atomic E-state index is 5.88. The van der Waals surface area contributed by atoms with Crippen LogP contribution < -0.4 is 10.1 Å². The summed E-state index contributed by atoms with van der Waals surface area (Å²) >= 11 is 0. The lowest BCUT2D eigenvalue weighted by atomic mass is 10.1. The number of hydrogen-bond acceptors (Lipinski definition) is 3. The summed E-state index contributed by atoms with van der Waals surface area (Å²) < 4.78 is 11.5. The fourth-order valence-corrected chi connectivity index (χ4v) is 2.10. The van der Waals surface area contributed by atoms with Gasteiger partial charge >= 0.3 is 0 Å². The van der Waals surface area contributed by atoms with E-state index in [2.05, 4.69) is 24.4 Å². The third-order valence-corrected chi connectivity index (χ3v) is 3.15. The first-order chi connectivity index (χ1) is 8.65. The number of nitrogens with one attached hydrogen (secondary N) is 1. The predicted molar refractivity (Wildman–Crippen MR) is 73.0 cm³/mol. The van der Waals surface area contributed by atoms with Gasteiger partial charge in [-0.15, -0.1) is 0 Å². The molecule has 1 aromatic rings. The third-order valence-electron chi connectivity index (χ3n) is 3.15. The average Bonchev–Trinajstić information content (AvgIpc) is 2.54. The molecule has 1 heterocycles. The molecule has 0 amide bonds. The standard InChI is InChI=1S/C15H23NO2/c1-11(2)18-14-6-4-13(5-7-14)15-10-16-12(3)8-9-17-15/h4-7,11-12,15-16H,8-10H2,1-3H3. The second kappa shape index (κ2) is 6.21. The van der Waals surface area contributed by atoms with E-state index in [4.69, 9.17) is 9.47 Å². The first-order valence-electron chi connectivity index (χ1n) is 6.77. The van der Waals surface area contributed by atoms with Gasteiger partial charge in [0.05, 0.1) is 12.2 Å². The molecule has 0 radical (unpaired) electrons. The minimum absolute atomic E-state index is 0.156. The topological polar surface area (TPSA) is 30.5 Å². The summed E-state index contributed by atoms with van der Waals surface area (Å²) in [4.78, 5) is 0. The quantitative estimate of drug-likeness (QED) is 0.893. The molecule has 2 atom stereocenters. The third kappa shape index (κ3) is 3.72. The summed E-state index contributed by atoms with van der Waals surface area (Å²) in [6, 6.07) is 8.78. The Kier molecular flexibility index (Phi) is 4.61. The Balaban J connectivity index is 2.00. The molecule has 0 bridgehead atoms. The van der Waals surface area contributed by atoms with E-state index in [9.17, 15) is 0 Å². The number of hydrogen-bond donors (Lipinski definition) is 1. The van der Waals surface area contributed by atoms with Crippen LogP contribution in [0, 0.1) is 0 Å². The molecule has 0 aliphatic carbocycles. The van der Waals surface area contributed by atoms with E-state index >= 15 is 0 Å². The van der Waals surface area contributed by atoms with Crippen molar-refractivity contribution < 1.29 is 9.47 Å². The van der Waals surface area contributed by atoms with Crippen LogP contribution >= 0.6 is 0 Å². The predicted octanol–water partition coefficient (Wildman–Crippen LogP) is 2.91. The average molecular weight is 249 g/mol. The second-order valence-electron chi connectivity index (χ2n) is 5.19. The van der Waals surface area contributed by atoms with Crippen LogP contribution in [0.2, 0.25) is 0 Å². The van der Waals surface area contributed by atoms with Gasteiger partial charge in [0.15, 0.2) is 0 Å². The van der Waals surface area contributed by atoms with Crippen molar-refractivity contribution in [3.8, 4) is 5.75 Å². The molecule has 1 aliphatic heterocycles. The lowest BCUT2D eigenvalue weighted by molar-refractivity contribution is 0.0664. The van der Waals surface area contributed by atoms with Crippen LogP contribution in [-0.4, -0.2) is 25.3 Å². The maximum absolute atomic E-state index is 5.88. The lowest BCUT2D eigenvalue weighted by Crippen LogP contribution is -2.27. The van der Waals surface area contributed by atoms with Gasteiger partial charge < -0.3 is 14.8 Å². The van der Waals surface area contributed by atoms with Crippen LogP contribution in [0.3, 0.4) is 0 Å². The maximum Gasteiger partial charge on any atom is 0.119 e. The summed E-state index contributed by atoms with van der Waals surface area (Å²) in [5, 5.41) is 3.48. The van der Waals surface area contributed by atoms with Gasteiger partial charge in [0.1, 0.15) is 5.75 Å². The van der Waals surface area contributed by atoms with Gasteiger partial charge in [0.2, 0.25) is 0 Å². The second-order valence-corrected chi connectivity index (χ2v) is 5.19. The summed E-state index contributed by atoms with van der Waals surface area (Å²) in [5.41, 5.74) is 1.22. The first-order valence-corrected chi connectivity index (χ1v) is 6.77. The molecule has 0 aromatic heterocycles. The zero-order chi connectivity index (χ0) is 13.0. The summed E-state index contributed by atoms with van der Waals surface area (Å²) in [7, 11) is 0. The van der Waals surface area contributed by atoms with Crippen LogP contribution in [0.5, 0.6) is 5.75 Å². The van der Waals surface area contributed by atoms with E-state index in [0.717, 1.165) is 25.3 Å². The molecule has 1 fully saturated rings. The van der Waals surface area contributed by atoms with Gasteiger partial charge in [0.25, 0.3) is 0 Å². The molecular weight excluding hydrogens is 226 g/mol. The Labute approximate surface area is 109 Å². The molecule has 2 unspecified atom stereocenters. The molecular formula is C15H23NO2. The van der Waals surface area contributed by atoms with Gasteiger partial charge in [0, 0.05) is 19.2 Å². The van der Waals surface area contributed by atoms with Gasteiger partial charge in [-0.1, -0.05) is 12.1 Å². The van der Waals surface area contributed by atoms with Crippen molar-refractivity contribution in [2.75, 3.05) is 13.2 Å². The van der Waals surface area contributed by atoms with Crippen LogP contribution in [-0.2, 0) is 4.74 Å². The van der Waals surface area contributed by atoms with Crippen molar-refractivity contribution in [2.24, 2.45) is 0 Å². The molecule has 1 N–H and O–H groups in total. The van der Waals surface area contributed by atoms with E-state index in [-0.39, 0.29) is 12.2 Å². The molecule has 2 rings (SSSR count). The highest BCUT2D eigenvalue weighted by Gasteiger charge is 2.17. The SMILES string of the molecule is CC1CCOC(c2ccc(OC(C)C)cc2)CN1. The fraction of sp³-hybridized carbons (Fsp3) is 0.600. The van der Waals surface area contributed by atoms with E-state index in [1.54, 1.807) is 0 Å². The zero-order valence-electron chi connectivity index (χ0n) is 11.5. The van der Waals surface area contributed by atoms with E-state index < -0.39 is 0 Å². The van der Waals surface area contributed by atoms with Gasteiger partial charge in [-0.25, -0.2) is 0 Å². The summed E-state index contributed by atoms with van der Waals surface area (Å²) in [6.07, 6.45) is 1.45. The smallest absolute Gasteiger partial charge is 0.119 e. The molecule has 100 valence electrons. The molecule has 1 saturated heterocycles. The highest BCUT2D eigenvalue weighted by atomic mass is 16.5. The summed E-state index contributed by atoms with van der Waals surface area (Å²) in [5.74, 6) is 0.920. The van der Waals surface area contributed by atoms with E-state index in [1.165, 1.54) is 5.56 Å². The van der Waals surface area contributed by atoms with Crippen molar-refractivity contribution in [1.82, 2.24) is 5.32 Å². The van der Waals surface area contributed by atoms with Crippen molar-refractivity contribution in [3.05, 3.63) is 29.8 Å². The van der Waals surface area contributed by atoms with Crippen LogP contribution in [0.4, 0.5) is 0 Å². The van der Waals surface area contributed by atoms with Crippen molar-refractivity contribution in [1.29, 1.82) is 0 Å². The highest BCUT2D eigenvalue weighted by molar-refractivity contribution is 5.29. The highest BCUT2D eigenvalue weighted by Crippen LogP contribution is 2.22. The molecule has 0 saturated carbocycles. The first kappa shape index (κ1) is 13.4. The molecule has 1 aromatic carbocycles. The van der Waals surface area contributed by atoms with Crippen LogP contribution in [0.15, 0.2) is 24.3 Å². The normalized spacial score (nSPS) is 24.9. The number of benzene rings is 1. The largest absolute Gasteiger partial charge is 0.491 e. The molecule has 1 aliphatic rings. The van der Waals surface area contributed by atoms with E-state index in [0.29, 0.717) is 6.04 Å².